The SMILES string of the molecule is CCCc1sc(C(=O)/C=C/c2ccc(OC)c(COc3ccc(F)c(Cl)c3)c2)cc1Br. The molecule has 0 saturated heterocycles. The molecule has 1 heterocycles. The topological polar surface area (TPSA) is 35.5 Å². The lowest BCUT2D eigenvalue weighted by atomic mass is 10.1. The molecule has 0 aliphatic heterocycles. The molecule has 3 aromatic rings. The Morgan fingerprint density at radius 3 is 2.74 bits per heavy atom. The van der Waals surface area contributed by atoms with Crippen molar-refractivity contribution in [2.75, 3.05) is 7.11 Å². The summed E-state index contributed by atoms with van der Waals surface area (Å²) in [7, 11) is 1.58. The van der Waals surface area contributed by atoms with E-state index in [1.807, 2.05) is 24.3 Å². The molecule has 162 valence electrons. The van der Waals surface area contributed by atoms with E-state index in [-0.39, 0.29) is 17.4 Å². The van der Waals surface area contributed by atoms with Crippen LogP contribution in [0, 0.1) is 5.82 Å². The second-order valence-corrected chi connectivity index (χ2v) is 9.16. The van der Waals surface area contributed by atoms with Gasteiger partial charge in [0, 0.05) is 21.0 Å². The lowest BCUT2D eigenvalue weighted by molar-refractivity contribution is 0.105. The first kappa shape index (κ1) is 23.5. The predicted octanol–water partition coefficient (Wildman–Crippen LogP) is 7.74. The number of benzene rings is 2. The fourth-order valence-corrected chi connectivity index (χ4v) is 4.99. The van der Waals surface area contributed by atoms with Gasteiger partial charge in [0.15, 0.2) is 5.78 Å². The lowest BCUT2D eigenvalue weighted by Gasteiger charge is -2.11. The van der Waals surface area contributed by atoms with Crippen LogP contribution in [0.4, 0.5) is 4.39 Å². The molecular formula is C24H21BrClFO3S. The number of halogens is 3. The largest absolute Gasteiger partial charge is 0.496 e. The molecule has 31 heavy (non-hydrogen) atoms. The van der Waals surface area contributed by atoms with Gasteiger partial charge in [-0.1, -0.05) is 37.1 Å². The Bertz CT molecular complexity index is 1110. The van der Waals surface area contributed by atoms with Gasteiger partial charge < -0.3 is 9.47 Å². The van der Waals surface area contributed by atoms with Crippen molar-refractivity contribution in [1.29, 1.82) is 0 Å². The molecule has 0 saturated carbocycles. The van der Waals surface area contributed by atoms with Crippen LogP contribution < -0.4 is 9.47 Å². The number of hydrogen-bond acceptors (Lipinski definition) is 4. The molecule has 0 fully saturated rings. The van der Waals surface area contributed by atoms with Crippen LogP contribution in [0.1, 0.15) is 39.0 Å². The second-order valence-electron chi connectivity index (χ2n) is 6.77. The number of carbonyl (C=O) groups excluding carboxylic acids is 1. The number of hydrogen-bond donors (Lipinski definition) is 0. The Hall–Kier alpha value is -2.15. The van der Waals surface area contributed by atoms with Crippen molar-refractivity contribution >= 4 is 50.7 Å². The lowest BCUT2D eigenvalue weighted by Crippen LogP contribution is -1.99. The van der Waals surface area contributed by atoms with E-state index in [0.717, 1.165) is 28.4 Å². The zero-order valence-electron chi connectivity index (χ0n) is 17.1. The average molecular weight is 524 g/mol. The first-order chi connectivity index (χ1) is 14.9. The summed E-state index contributed by atoms with van der Waals surface area (Å²) in [6.45, 7) is 2.32. The minimum absolute atomic E-state index is 0.00182. The average Bonchev–Trinajstić information content (AvgIpc) is 3.13. The minimum atomic E-state index is -0.497. The normalized spacial score (nSPS) is 11.1. The van der Waals surface area contributed by atoms with Gasteiger partial charge >= 0.3 is 0 Å². The summed E-state index contributed by atoms with van der Waals surface area (Å²) in [5, 5.41) is 0.00182. The zero-order valence-corrected chi connectivity index (χ0v) is 20.2. The molecular weight excluding hydrogens is 503 g/mol. The molecule has 0 aliphatic rings. The van der Waals surface area contributed by atoms with Crippen LogP contribution >= 0.6 is 38.9 Å². The quantitative estimate of drug-likeness (QED) is 0.212. The number of methoxy groups -OCH3 is 1. The van der Waals surface area contributed by atoms with Gasteiger partial charge in [-0.2, -0.15) is 0 Å². The van der Waals surface area contributed by atoms with Crippen molar-refractivity contribution in [3.8, 4) is 11.5 Å². The number of ketones is 1. The Balaban J connectivity index is 1.73. The Morgan fingerprint density at radius 2 is 2.03 bits per heavy atom. The van der Waals surface area contributed by atoms with E-state index in [1.54, 1.807) is 19.3 Å². The molecule has 0 amide bonds. The molecule has 3 rings (SSSR count). The summed E-state index contributed by atoms with van der Waals surface area (Å²) < 4.78 is 25.4. The number of rotatable bonds is 9. The minimum Gasteiger partial charge on any atom is -0.496 e. The Morgan fingerprint density at radius 1 is 1.23 bits per heavy atom. The van der Waals surface area contributed by atoms with Gasteiger partial charge in [0.2, 0.25) is 0 Å². The van der Waals surface area contributed by atoms with E-state index in [9.17, 15) is 9.18 Å². The van der Waals surface area contributed by atoms with Gasteiger partial charge in [-0.3, -0.25) is 4.79 Å². The summed E-state index contributed by atoms with van der Waals surface area (Å²) in [5.41, 5.74) is 1.64. The molecule has 0 spiro atoms. The van der Waals surface area contributed by atoms with Crippen molar-refractivity contribution in [3.05, 3.63) is 84.7 Å². The van der Waals surface area contributed by atoms with Gasteiger partial charge in [0.1, 0.15) is 23.9 Å². The summed E-state index contributed by atoms with van der Waals surface area (Å²) >= 11 is 10.9. The zero-order chi connectivity index (χ0) is 22.4. The predicted molar refractivity (Wildman–Crippen MR) is 128 cm³/mol. The van der Waals surface area contributed by atoms with Crippen LogP contribution in [0.5, 0.6) is 11.5 Å². The summed E-state index contributed by atoms with van der Waals surface area (Å²) in [6, 6.07) is 11.7. The molecule has 3 nitrogen and oxygen atoms in total. The summed E-state index contributed by atoms with van der Waals surface area (Å²) in [4.78, 5) is 14.5. The summed E-state index contributed by atoms with van der Waals surface area (Å²) in [6.07, 6.45) is 5.32. The monoisotopic (exact) mass is 522 g/mol. The molecule has 0 atom stereocenters. The third-order valence-corrected chi connectivity index (χ3v) is 6.96. The van der Waals surface area contributed by atoms with Crippen LogP contribution in [0.2, 0.25) is 5.02 Å². The van der Waals surface area contributed by atoms with E-state index in [1.165, 1.54) is 34.4 Å². The standard InChI is InChI=1S/C24H21BrClFO3S/c1-3-4-23-18(25)13-24(31-23)21(28)9-5-15-6-10-22(29-2)16(11-15)14-30-17-7-8-20(27)19(26)12-17/h5-13H,3-4,14H2,1-2H3/b9-5+. The molecule has 1 aromatic heterocycles. The smallest absolute Gasteiger partial charge is 0.195 e. The first-order valence-corrected chi connectivity index (χ1v) is 11.7. The number of thiophene rings is 1. The van der Waals surface area contributed by atoms with Gasteiger partial charge in [0.05, 0.1) is 17.0 Å². The van der Waals surface area contributed by atoms with Crippen LogP contribution in [0.15, 0.2) is 53.0 Å². The van der Waals surface area contributed by atoms with Gasteiger partial charge in [0.25, 0.3) is 0 Å². The number of allylic oxidation sites excluding steroid dienone is 1. The van der Waals surface area contributed by atoms with Crippen molar-refractivity contribution in [1.82, 2.24) is 0 Å². The van der Waals surface area contributed by atoms with Crippen LogP contribution in [-0.2, 0) is 13.0 Å². The maximum atomic E-state index is 13.3. The maximum absolute atomic E-state index is 13.3. The molecule has 2 aromatic carbocycles. The highest BCUT2D eigenvalue weighted by molar-refractivity contribution is 9.10. The van der Waals surface area contributed by atoms with Gasteiger partial charge in [-0.15, -0.1) is 11.3 Å². The number of carbonyl (C=O) groups is 1. The van der Waals surface area contributed by atoms with Crippen molar-refractivity contribution < 1.29 is 18.7 Å². The molecule has 0 aliphatic carbocycles. The van der Waals surface area contributed by atoms with Crippen molar-refractivity contribution in [2.24, 2.45) is 0 Å². The van der Waals surface area contributed by atoms with E-state index >= 15 is 0 Å². The van der Waals surface area contributed by atoms with Crippen molar-refractivity contribution in [2.45, 2.75) is 26.4 Å². The first-order valence-electron chi connectivity index (χ1n) is 9.66. The molecule has 7 heteroatoms. The molecule has 0 radical (unpaired) electrons. The van der Waals surface area contributed by atoms with E-state index < -0.39 is 5.82 Å². The highest BCUT2D eigenvalue weighted by Crippen LogP contribution is 2.30. The molecule has 0 bridgehead atoms. The highest BCUT2D eigenvalue weighted by Gasteiger charge is 2.11. The van der Waals surface area contributed by atoms with Crippen LogP contribution in [0.25, 0.3) is 6.08 Å². The fourth-order valence-electron chi connectivity index (χ4n) is 2.92. The number of aryl methyl sites for hydroxylation is 1. The Labute approximate surface area is 198 Å². The summed E-state index contributed by atoms with van der Waals surface area (Å²) in [5.74, 6) is 0.574. The molecule has 0 unspecified atom stereocenters. The number of ether oxygens (including phenoxy) is 2. The van der Waals surface area contributed by atoms with Crippen LogP contribution in [-0.4, -0.2) is 12.9 Å². The van der Waals surface area contributed by atoms with E-state index in [2.05, 4.69) is 22.9 Å². The second kappa shape index (κ2) is 10.9. The highest BCUT2D eigenvalue weighted by atomic mass is 79.9. The third-order valence-electron chi connectivity index (χ3n) is 4.49. The van der Waals surface area contributed by atoms with Gasteiger partial charge in [-0.05, 0) is 64.3 Å². The molecule has 0 N–H and O–H groups in total. The van der Waals surface area contributed by atoms with E-state index in [4.69, 9.17) is 21.1 Å². The van der Waals surface area contributed by atoms with Gasteiger partial charge in [-0.25, -0.2) is 4.39 Å². The Kier molecular flexibility index (Phi) is 8.29. The fraction of sp³-hybridized carbons (Fsp3) is 0.208. The van der Waals surface area contributed by atoms with Crippen molar-refractivity contribution in [3.63, 3.8) is 0 Å². The van der Waals surface area contributed by atoms with Crippen LogP contribution in [0.3, 0.4) is 0 Å². The maximum Gasteiger partial charge on any atom is 0.195 e. The third kappa shape index (κ3) is 6.19. The van der Waals surface area contributed by atoms with E-state index in [0.29, 0.717) is 16.4 Å².